The van der Waals surface area contributed by atoms with Gasteiger partial charge in [-0.15, -0.1) is 0 Å². The van der Waals surface area contributed by atoms with Crippen LogP contribution in [0.4, 0.5) is 0 Å². The summed E-state index contributed by atoms with van der Waals surface area (Å²) in [6, 6.07) is 0. The molecule has 1 unspecified atom stereocenters. The van der Waals surface area contributed by atoms with Crippen LogP contribution in [-0.2, 0) is 28.6 Å². The van der Waals surface area contributed by atoms with Gasteiger partial charge in [0.05, 0.1) is 0 Å². The predicted octanol–water partition coefficient (Wildman–Crippen LogP) is 16.6. The van der Waals surface area contributed by atoms with Gasteiger partial charge >= 0.3 is 17.9 Å². The Morgan fingerprint density at radius 2 is 0.639 bits per heavy atom. The van der Waals surface area contributed by atoms with Crippen molar-refractivity contribution in [3.8, 4) is 0 Å². The maximum absolute atomic E-state index is 12.7. The number of carbonyl (C=O) groups is 3. The Balaban J connectivity index is 4.22. The van der Waals surface area contributed by atoms with Crippen LogP contribution in [0.25, 0.3) is 0 Å². The van der Waals surface area contributed by atoms with Gasteiger partial charge in [0, 0.05) is 19.3 Å². The molecule has 0 saturated carbocycles. The normalized spacial score (nSPS) is 12.6. The fourth-order valence-electron chi connectivity index (χ4n) is 6.92. The molecule has 0 aromatic rings. The van der Waals surface area contributed by atoms with E-state index in [0.29, 0.717) is 19.3 Å². The van der Waals surface area contributed by atoms with E-state index in [-0.39, 0.29) is 31.1 Å². The highest BCUT2D eigenvalue weighted by Gasteiger charge is 2.19. The largest absolute Gasteiger partial charge is 0.462 e. The first kappa shape index (κ1) is 57.9. The molecule has 61 heavy (non-hydrogen) atoms. The molecule has 0 heterocycles. The van der Waals surface area contributed by atoms with Crippen LogP contribution >= 0.6 is 0 Å². The fourth-order valence-corrected chi connectivity index (χ4v) is 6.92. The quantitative estimate of drug-likeness (QED) is 0.0263. The Morgan fingerprint density at radius 3 is 1.00 bits per heavy atom. The lowest BCUT2D eigenvalue weighted by Crippen LogP contribution is -2.30. The molecule has 0 aliphatic carbocycles. The second kappa shape index (κ2) is 49.5. The minimum atomic E-state index is -0.775. The maximum Gasteiger partial charge on any atom is 0.306 e. The number of carbonyl (C=O) groups excluding carboxylic acids is 3. The van der Waals surface area contributed by atoms with Gasteiger partial charge in [0.1, 0.15) is 13.2 Å². The predicted molar refractivity (Wildman–Crippen MR) is 261 cm³/mol. The topological polar surface area (TPSA) is 78.9 Å². The van der Waals surface area contributed by atoms with Gasteiger partial charge in [-0.3, -0.25) is 14.4 Å². The molecule has 0 bridgehead atoms. The van der Waals surface area contributed by atoms with E-state index in [9.17, 15) is 14.4 Å². The van der Waals surface area contributed by atoms with Crippen molar-refractivity contribution >= 4 is 17.9 Å². The highest BCUT2D eigenvalue weighted by molar-refractivity contribution is 5.71. The van der Waals surface area contributed by atoms with Gasteiger partial charge in [-0.1, -0.05) is 222 Å². The molecule has 0 rings (SSSR count). The third-order valence-electron chi connectivity index (χ3n) is 10.7. The van der Waals surface area contributed by atoms with Gasteiger partial charge in [-0.05, 0) is 70.6 Å². The number of allylic oxidation sites excluding steroid dienone is 12. The lowest BCUT2D eigenvalue weighted by atomic mass is 10.1. The summed E-state index contributed by atoms with van der Waals surface area (Å²) in [6.45, 7) is 6.46. The molecule has 350 valence electrons. The van der Waals surface area contributed by atoms with Crippen LogP contribution in [0.2, 0.25) is 0 Å². The van der Waals surface area contributed by atoms with E-state index in [1.54, 1.807) is 0 Å². The van der Waals surface area contributed by atoms with Crippen molar-refractivity contribution in [1.29, 1.82) is 0 Å². The summed E-state index contributed by atoms with van der Waals surface area (Å²) < 4.78 is 16.7. The first-order chi connectivity index (χ1) is 30.0. The molecule has 0 spiro atoms. The zero-order valence-electron chi connectivity index (χ0n) is 39.9. The molecule has 0 fully saturated rings. The number of hydrogen-bond donors (Lipinski definition) is 0. The molecule has 6 heteroatoms. The molecule has 0 aromatic heterocycles. The van der Waals surface area contributed by atoms with Crippen molar-refractivity contribution in [2.45, 2.75) is 245 Å². The lowest BCUT2D eigenvalue weighted by molar-refractivity contribution is -0.167. The second-order valence-corrected chi connectivity index (χ2v) is 16.7. The molecule has 6 nitrogen and oxygen atoms in total. The first-order valence-corrected chi connectivity index (χ1v) is 25.4. The van der Waals surface area contributed by atoms with Gasteiger partial charge in [-0.25, -0.2) is 0 Å². The van der Waals surface area contributed by atoms with Gasteiger partial charge in [0.2, 0.25) is 0 Å². The van der Waals surface area contributed by atoms with Crippen LogP contribution in [0.1, 0.15) is 239 Å². The zero-order valence-corrected chi connectivity index (χ0v) is 39.9. The fraction of sp³-hybridized carbons (Fsp3) is 0.727. The van der Waals surface area contributed by atoms with Crippen molar-refractivity contribution in [2.75, 3.05) is 13.2 Å². The van der Waals surface area contributed by atoms with Crippen LogP contribution in [0, 0.1) is 0 Å². The Bertz CT molecular complexity index is 1160. The van der Waals surface area contributed by atoms with Crippen LogP contribution in [0.15, 0.2) is 72.9 Å². The number of hydrogen-bond acceptors (Lipinski definition) is 6. The van der Waals surface area contributed by atoms with Crippen LogP contribution < -0.4 is 0 Å². The third kappa shape index (κ3) is 47.7. The SMILES string of the molecule is CC/C=C\C/C=C\C/C=C\C/C=C\C/C=C\C/C=C\CCCCCCCCC(=O)OCC(COC(=O)CCCCCCCCCC)OC(=O)CCCCCCCCCCCC. The van der Waals surface area contributed by atoms with E-state index in [0.717, 1.165) is 103 Å². The Labute approximate surface area is 376 Å². The standard InChI is InChI=1S/C55H94O6/c1-4-7-10-13-16-19-21-22-23-24-25-26-27-28-29-30-31-32-33-34-35-37-39-42-45-48-54(57)60-51-52(50-59-53(56)47-44-41-38-18-15-12-9-6-3)61-55(58)49-46-43-40-36-20-17-14-11-8-5-2/h7,10,16,19,22-23,25-26,28-29,31-32,52H,4-6,8-9,11-15,17-18,20-21,24,27,30,33-51H2,1-3H3/b10-7-,19-16-,23-22-,26-25-,29-28-,32-31-. The minimum Gasteiger partial charge on any atom is -0.462 e. The Kier molecular flexibility index (Phi) is 46.9. The zero-order chi connectivity index (χ0) is 44.4. The molecule has 1 atom stereocenters. The molecule has 0 N–H and O–H groups in total. The smallest absolute Gasteiger partial charge is 0.306 e. The average Bonchev–Trinajstić information content (AvgIpc) is 3.26. The molecule has 0 radical (unpaired) electrons. The van der Waals surface area contributed by atoms with E-state index in [1.165, 1.54) is 96.3 Å². The highest BCUT2D eigenvalue weighted by atomic mass is 16.6. The summed E-state index contributed by atoms with van der Waals surface area (Å²) >= 11 is 0. The summed E-state index contributed by atoms with van der Waals surface area (Å²) in [5.74, 6) is -0.899. The van der Waals surface area contributed by atoms with Crippen molar-refractivity contribution in [2.24, 2.45) is 0 Å². The summed E-state index contributed by atoms with van der Waals surface area (Å²) in [6.07, 6.45) is 61.8. The monoisotopic (exact) mass is 851 g/mol. The van der Waals surface area contributed by atoms with Crippen LogP contribution in [0.5, 0.6) is 0 Å². The van der Waals surface area contributed by atoms with Crippen molar-refractivity contribution in [3.05, 3.63) is 72.9 Å². The molecule has 0 aromatic carbocycles. The number of rotatable bonds is 45. The number of unbranched alkanes of at least 4 members (excludes halogenated alkanes) is 22. The van der Waals surface area contributed by atoms with Gasteiger partial charge < -0.3 is 14.2 Å². The summed E-state index contributed by atoms with van der Waals surface area (Å²) in [5.41, 5.74) is 0. The average molecular weight is 851 g/mol. The maximum atomic E-state index is 12.7. The Hall–Kier alpha value is -3.15. The van der Waals surface area contributed by atoms with Gasteiger partial charge in [0.15, 0.2) is 6.10 Å². The molecule has 0 amide bonds. The van der Waals surface area contributed by atoms with Crippen LogP contribution in [0.3, 0.4) is 0 Å². The van der Waals surface area contributed by atoms with Crippen molar-refractivity contribution in [3.63, 3.8) is 0 Å². The van der Waals surface area contributed by atoms with E-state index in [4.69, 9.17) is 14.2 Å². The van der Waals surface area contributed by atoms with E-state index >= 15 is 0 Å². The third-order valence-corrected chi connectivity index (χ3v) is 10.7. The highest BCUT2D eigenvalue weighted by Crippen LogP contribution is 2.14. The minimum absolute atomic E-state index is 0.0779. The number of esters is 3. The molecule has 0 aliphatic heterocycles. The summed E-state index contributed by atoms with van der Waals surface area (Å²) in [7, 11) is 0. The van der Waals surface area contributed by atoms with E-state index < -0.39 is 6.10 Å². The first-order valence-electron chi connectivity index (χ1n) is 25.4. The molecule has 0 aliphatic rings. The van der Waals surface area contributed by atoms with Crippen molar-refractivity contribution < 1.29 is 28.6 Å². The van der Waals surface area contributed by atoms with Crippen LogP contribution in [-0.4, -0.2) is 37.2 Å². The summed E-state index contributed by atoms with van der Waals surface area (Å²) in [4.78, 5) is 37.7. The van der Waals surface area contributed by atoms with Gasteiger partial charge in [-0.2, -0.15) is 0 Å². The van der Waals surface area contributed by atoms with E-state index in [1.807, 2.05) is 0 Å². The number of ether oxygens (including phenoxy) is 3. The molecular weight excluding hydrogens is 757 g/mol. The summed E-state index contributed by atoms with van der Waals surface area (Å²) in [5, 5.41) is 0. The Morgan fingerprint density at radius 1 is 0.344 bits per heavy atom. The second-order valence-electron chi connectivity index (χ2n) is 16.7. The lowest BCUT2D eigenvalue weighted by Gasteiger charge is -2.18. The van der Waals surface area contributed by atoms with E-state index in [2.05, 4.69) is 93.7 Å². The molecule has 0 saturated heterocycles. The van der Waals surface area contributed by atoms with Gasteiger partial charge in [0.25, 0.3) is 0 Å². The van der Waals surface area contributed by atoms with Crippen molar-refractivity contribution in [1.82, 2.24) is 0 Å². The molecular formula is C55H94O6.